The maximum atomic E-state index is 12.2. The van der Waals surface area contributed by atoms with E-state index in [1.54, 1.807) is 36.3 Å². The average Bonchev–Trinajstić information content (AvgIpc) is 3.11. The van der Waals surface area contributed by atoms with Crippen LogP contribution in [0.25, 0.3) is 0 Å². The fourth-order valence-electron chi connectivity index (χ4n) is 2.40. The number of thiazole rings is 1. The molecule has 10 heteroatoms. The summed E-state index contributed by atoms with van der Waals surface area (Å²) in [6.45, 7) is 4.21. The molecule has 0 fully saturated rings. The van der Waals surface area contributed by atoms with Crippen molar-refractivity contribution in [2.45, 2.75) is 20.3 Å². The third-order valence-corrected chi connectivity index (χ3v) is 4.84. The number of hydrogen-bond donors (Lipinski definition) is 3. The summed E-state index contributed by atoms with van der Waals surface area (Å²) in [4.78, 5) is 42.0. The number of likely N-dealkylation sites (N-methyl/N-ethyl adjacent to an activating group) is 1. The van der Waals surface area contributed by atoms with E-state index in [-0.39, 0.29) is 31.3 Å². The van der Waals surface area contributed by atoms with Crippen LogP contribution in [0.3, 0.4) is 0 Å². The van der Waals surface area contributed by atoms with E-state index in [0.717, 1.165) is 5.69 Å². The summed E-state index contributed by atoms with van der Waals surface area (Å²) in [5.74, 6) is -0.310. The van der Waals surface area contributed by atoms with Crippen molar-refractivity contribution in [2.24, 2.45) is 0 Å². The molecule has 1 heterocycles. The van der Waals surface area contributed by atoms with Crippen LogP contribution in [0.2, 0.25) is 0 Å². The molecule has 0 spiro atoms. The summed E-state index contributed by atoms with van der Waals surface area (Å²) < 4.78 is 5.08. The number of amides is 3. The van der Waals surface area contributed by atoms with Gasteiger partial charge in [-0.15, -0.1) is 11.3 Å². The summed E-state index contributed by atoms with van der Waals surface area (Å²) in [6.07, 6.45) is 0.0978. The van der Waals surface area contributed by atoms with Gasteiger partial charge in [-0.25, -0.2) is 4.98 Å². The highest BCUT2D eigenvalue weighted by atomic mass is 32.1. The Morgan fingerprint density at radius 1 is 1.07 bits per heavy atom. The first-order valence-corrected chi connectivity index (χ1v) is 9.92. The van der Waals surface area contributed by atoms with Crippen molar-refractivity contribution in [1.29, 1.82) is 0 Å². The molecule has 156 valence electrons. The summed E-state index contributed by atoms with van der Waals surface area (Å²) in [5.41, 5.74) is 6.22. The molecular formula is C19H25N5O4S. The first-order valence-electron chi connectivity index (χ1n) is 9.04. The smallest absolute Gasteiger partial charge is 0.252 e. The Morgan fingerprint density at radius 2 is 1.72 bits per heavy atom. The van der Waals surface area contributed by atoms with Gasteiger partial charge in [0, 0.05) is 16.8 Å². The molecule has 2 rings (SSSR count). The number of aryl methyl sites for hydroxylation is 1. The zero-order chi connectivity index (χ0) is 21.2. The minimum Gasteiger partial charge on any atom is -0.497 e. The standard InChI is InChI=1S/C19H25N5O4S/c1-4-24(10-17(26)21-14-5-7-15(28-3)8-6-14)11-18(27)23-22-16(25)9-19-20-13(2)12-29-19/h5-8,12H,4,9-11H2,1-3H3,(H,21,26)(H,22,25)(H,23,27). The molecular weight excluding hydrogens is 394 g/mol. The van der Waals surface area contributed by atoms with Crippen LogP contribution in [-0.2, 0) is 20.8 Å². The molecule has 0 radical (unpaired) electrons. The second-order valence-corrected chi connectivity index (χ2v) is 7.18. The van der Waals surface area contributed by atoms with Crippen molar-refractivity contribution in [3.05, 3.63) is 40.3 Å². The molecule has 9 nitrogen and oxygen atoms in total. The first-order chi connectivity index (χ1) is 13.9. The Kier molecular flexibility index (Phi) is 8.56. The van der Waals surface area contributed by atoms with Crippen LogP contribution in [0.5, 0.6) is 5.75 Å². The monoisotopic (exact) mass is 419 g/mol. The van der Waals surface area contributed by atoms with Crippen LogP contribution in [0.1, 0.15) is 17.6 Å². The average molecular weight is 420 g/mol. The number of nitrogens with zero attached hydrogens (tertiary/aromatic N) is 2. The normalized spacial score (nSPS) is 10.5. The number of carbonyl (C=O) groups excluding carboxylic acids is 3. The van der Waals surface area contributed by atoms with E-state index in [9.17, 15) is 14.4 Å². The van der Waals surface area contributed by atoms with Gasteiger partial charge in [-0.05, 0) is 37.7 Å². The summed E-state index contributed by atoms with van der Waals surface area (Å²) in [7, 11) is 1.57. The van der Waals surface area contributed by atoms with Gasteiger partial charge in [-0.1, -0.05) is 6.92 Å². The number of benzene rings is 1. The minimum atomic E-state index is -0.409. The molecule has 0 atom stereocenters. The zero-order valence-corrected chi connectivity index (χ0v) is 17.5. The Labute approximate surface area is 173 Å². The molecule has 29 heavy (non-hydrogen) atoms. The van der Waals surface area contributed by atoms with Gasteiger partial charge < -0.3 is 10.1 Å². The number of hydrogen-bond acceptors (Lipinski definition) is 7. The molecule has 0 saturated carbocycles. The fraction of sp³-hybridized carbons (Fsp3) is 0.368. The highest BCUT2D eigenvalue weighted by molar-refractivity contribution is 7.09. The SMILES string of the molecule is CCN(CC(=O)NNC(=O)Cc1nc(C)cs1)CC(=O)Nc1ccc(OC)cc1. The predicted molar refractivity (Wildman–Crippen MR) is 111 cm³/mol. The highest BCUT2D eigenvalue weighted by Crippen LogP contribution is 2.14. The number of rotatable bonds is 9. The Morgan fingerprint density at radius 3 is 2.31 bits per heavy atom. The molecule has 3 N–H and O–H groups in total. The van der Waals surface area contributed by atoms with Gasteiger partial charge >= 0.3 is 0 Å². The molecule has 2 aromatic rings. The van der Waals surface area contributed by atoms with Crippen molar-refractivity contribution in [2.75, 3.05) is 32.1 Å². The lowest BCUT2D eigenvalue weighted by molar-refractivity contribution is -0.129. The minimum absolute atomic E-state index is 0.0246. The van der Waals surface area contributed by atoms with Crippen LogP contribution < -0.4 is 20.9 Å². The summed E-state index contributed by atoms with van der Waals surface area (Å²) in [5, 5.41) is 5.31. The third-order valence-electron chi connectivity index (χ3n) is 3.88. The molecule has 0 aliphatic heterocycles. The van der Waals surface area contributed by atoms with Crippen molar-refractivity contribution in [3.63, 3.8) is 0 Å². The van der Waals surface area contributed by atoms with Crippen LogP contribution >= 0.6 is 11.3 Å². The van der Waals surface area contributed by atoms with E-state index in [4.69, 9.17) is 4.74 Å². The molecule has 0 unspecified atom stereocenters. The topological polar surface area (TPSA) is 113 Å². The number of nitrogens with one attached hydrogen (secondary N) is 3. The molecule has 0 aliphatic carbocycles. The predicted octanol–water partition coefficient (Wildman–Crippen LogP) is 1.11. The van der Waals surface area contributed by atoms with E-state index in [2.05, 4.69) is 21.2 Å². The number of ether oxygens (including phenoxy) is 1. The number of aromatic nitrogens is 1. The Bertz CT molecular complexity index is 837. The second-order valence-electron chi connectivity index (χ2n) is 6.24. The number of carbonyl (C=O) groups is 3. The summed E-state index contributed by atoms with van der Waals surface area (Å²) >= 11 is 1.39. The Balaban J connectivity index is 1.73. The van der Waals surface area contributed by atoms with E-state index < -0.39 is 5.91 Å². The van der Waals surface area contributed by atoms with Gasteiger partial charge in [0.2, 0.25) is 11.8 Å². The lowest BCUT2D eigenvalue weighted by Gasteiger charge is -2.19. The molecule has 0 saturated heterocycles. The van der Waals surface area contributed by atoms with Crippen LogP contribution in [0.15, 0.2) is 29.6 Å². The summed E-state index contributed by atoms with van der Waals surface area (Å²) in [6, 6.07) is 6.96. The highest BCUT2D eigenvalue weighted by Gasteiger charge is 2.14. The van der Waals surface area contributed by atoms with Gasteiger partial charge in [0.25, 0.3) is 5.91 Å². The lowest BCUT2D eigenvalue weighted by atomic mass is 10.3. The van der Waals surface area contributed by atoms with E-state index in [0.29, 0.717) is 23.0 Å². The van der Waals surface area contributed by atoms with E-state index in [1.165, 1.54) is 11.3 Å². The molecule has 3 amide bonds. The van der Waals surface area contributed by atoms with Gasteiger partial charge in [-0.2, -0.15) is 0 Å². The van der Waals surface area contributed by atoms with Gasteiger partial charge in [0.1, 0.15) is 10.8 Å². The van der Waals surface area contributed by atoms with Gasteiger partial charge in [0.15, 0.2) is 0 Å². The Hall–Kier alpha value is -2.98. The van der Waals surface area contributed by atoms with Crippen molar-refractivity contribution < 1.29 is 19.1 Å². The molecule has 1 aromatic heterocycles. The largest absolute Gasteiger partial charge is 0.497 e. The van der Waals surface area contributed by atoms with Crippen molar-refractivity contribution >= 4 is 34.7 Å². The van der Waals surface area contributed by atoms with Crippen LogP contribution in [-0.4, -0.2) is 54.3 Å². The zero-order valence-electron chi connectivity index (χ0n) is 16.7. The number of methoxy groups -OCH3 is 1. The van der Waals surface area contributed by atoms with E-state index >= 15 is 0 Å². The second kappa shape index (κ2) is 11.1. The van der Waals surface area contributed by atoms with Crippen LogP contribution in [0.4, 0.5) is 5.69 Å². The van der Waals surface area contributed by atoms with Crippen molar-refractivity contribution in [3.8, 4) is 5.75 Å². The number of anilines is 1. The van der Waals surface area contributed by atoms with Crippen molar-refractivity contribution in [1.82, 2.24) is 20.7 Å². The van der Waals surface area contributed by atoms with Gasteiger partial charge in [-0.3, -0.25) is 30.1 Å². The fourth-order valence-corrected chi connectivity index (χ4v) is 3.18. The maximum Gasteiger partial charge on any atom is 0.252 e. The van der Waals surface area contributed by atoms with Gasteiger partial charge in [0.05, 0.1) is 26.6 Å². The third kappa shape index (κ3) is 7.88. The van der Waals surface area contributed by atoms with E-state index in [1.807, 2.05) is 19.2 Å². The van der Waals surface area contributed by atoms with Crippen LogP contribution in [0, 0.1) is 6.92 Å². The lowest BCUT2D eigenvalue weighted by Crippen LogP contribution is -2.48. The molecule has 0 bridgehead atoms. The maximum absolute atomic E-state index is 12.2. The number of hydrazine groups is 1. The quantitative estimate of drug-likeness (QED) is 0.525. The molecule has 1 aromatic carbocycles. The molecule has 0 aliphatic rings. The first kappa shape index (κ1) is 22.3.